The number of benzene rings is 1. The van der Waals surface area contributed by atoms with E-state index < -0.39 is 0 Å². The number of piperidine rings is 1. The van der Waals surface area contributed by atoms with Crippen molar-refractivity contribution in [1.29, 1.82) is 0 Å². The molecule has 1 aromatic carbocycles. The van der Waals surface area contributed by atoms with Gasteiger partial charge in [-0.15, -0.1) is 0 Å². The van der Waals surface area contributed by atoms with Crippen LogP contribution < -0.4 is 0 Å². The molecule has 0 atom stereocenters. The van der Waals surface area contributed by atoms with Crippen molar-refractivity contribution >= 4 is 23.5 Å². The normalized spacial score (nSPS) is 15.9. The molecule has 5 nitrogen and oxygen atoms in total. The summed E-state index contributed by atoms with van der Waals surface area (Å²) in [5.41, 5.74) is 1.44. The molecule has 1 amide bonds. The fraction of sp³-hybridized carbons (Fsp3) is 0.300. The van der Waals surface area contributed by atoms with Gasteiger partial charge in [0.2, 0.25) is 0 Å². The van der Waals surface area contributed by atoms with Gasteiger partial charge in [0.1, 0.15) is 5.76 Å². The molecule has 25 heavy (non-hydrogen) atoms. The summed E-state index contributed by atoms with van der Waals surface area (Å²) in [6, 6.07) is 13.2. The first-order valence-electron chi connectivity index (χ1n) is 8.37. The first-order valence-corrected chi connectivity index (χ1v) is 8.37. The number of amides is 1. The van der Waals surface area contributed by atoms with Crippen molar-refractivity contribution in [2.45, 2.75) is 12.8 Å². The summed E-state index contributed by atoms with van der Waals surface area (Å²) >= 11 is 0. The molecule has 1 aromatic heterocycles. The van der Waals surface area contributed by atoms with E-state index in [2.05, 4.69) is 0 Å². The van der Waals surface area contributed by atoms with Crippen molar-refractivity contribution in [3.63, 3.8) is 0 Å². The van der Waals surface area contributed by atoms with Crippen LogP contribution in [0.15, 0.2) is 53.1 Å². The minimum atomic E-state index is -0.193. The fourth-order valence-corrected chi connectivity index (χ4v) is 3.06. The Balaban J connectivity index is 1.80. The molecule has 0 saturated carbocycles. The Morgan fingerprint density at radius 3 is 2.44 bits per heavy atom. The van der Waals surface area contributed by atoms with Crippen molar-refractivity contribution in [1.82, 2.24) is 4.90 Å². The summed E-state index contributed by atoms with van der Waals surface area (Å²) in [6.45, 7) is 1.09. The first-order chi connectivity index (χ1) is 12.2. The van der Waals surface area contributed by atoms with Gasteiger partial charge in [-0.3, -0.25) is 9.59 Å². The molecule has 0 unspecified atom stereocenters. The highest BCUT2D eigenvalue weighted by atomic mass is 16.5. The number of carbonyl (C=O) groups is 2. The van der Waals surface area contributed by atoms with E-state index >= 15 is 0 Å². The number of hydrogen-bond acceptors (Lipinski definition) is 4. The van der Waals surface area contributed by atoms with Crippen LogP contribution in [0.5, 0.6) is 0 Å². The number of hydrogen-bond donors (Lipinski definition) is 0. The summed E-state index contributed by atoms with van der Waals surface area (Å²) in [5.74, 6) is 0.271. The highest BCUT2D eigenvalue weighted by Gasteiger charge is 2.29. The lowest BCUT2D eigenvalue weighted by molar-refractivity contribution is -0.148. The molecule has 0 spiro atoms. The molecule has 3 rings (SSSR count). The fourth-order valence-electron chi connectivity index (χ4n) is 3.06. The largest absolute Gasteiger partial charge is 0.469 e. The number of furan rings is 1. The highest BCUT2D eigenvalue weighted by molar-refractivity contribution is 6.24. The minimum Gasteiger partial charge on any atom is -0.469 e. The summed E-state index contributed by atoms with van der Waals surface area (Å²) in [7, 11) is 1.40. The van der Waals surface area contributed by atoms with Gasteiger partial charge in [-0.25, -0.2) is 0 Å². The van der Waals surface area contributed by atoms with Crippen molar-refractivity contribution in [3.8, 4) is 0 Å². The molecular formula is C20H21NO4. The maximum Gasteiger partial charge on any atom is 0.308 e. The van der Waals surface area contributed by atoms with E-state index in [0.717, 1.165) is 5.56 Å². The number of nitrogens with zero attached hydrogens (tertiary/aromatic N) is 1. The monoisotopic (exact) mass is 339 g/mol. The molecule has 0 bridgehead atoms. The molecular weight excluding hydrogens is 318 g/mol. The van der Waals surface area contributed by atoms with Crippen molar-refractivity contribution in [2.24, 2.45) is 5.92 Å². The molecule has 130 valence electrons. The van der Waals surface area contributed by atoms with E-state index in [4.69, 9.17) is 9.15 Å². The molecule has 2 aromatic rings. The van der Waals surface area contributed by atoms with Crippen LogP contribution in [-0.4, -0.2) is 37.0 Å². The Kier molecular flexibility index (Phi) is 5.33. The van der Waals surface area contributed by atoms with Crippen LogP contribution in [0, 0.1) is 5.92 Å². The molecule has 5 heteroatoms. The lowest BCUT2D eigenvalue weighted by Crippen LogP contribution is -2.40. The third-order valence-corrected chi connectivity index (χ3v) is 4.46. The number of rotatable bonds is 4. The zero-order valence-electron chi connectivity index (χ0n) is 14.2. The van der Waals surface area contributed by atoms with Crippen LogP contribution in [0.1, 0.15) is 24.2 Å². The summed E-state index contributed by atoms with van der Waals surface area (Å²) in [4.78, 5) is 26.5. The molecule has 1 fully saturated rings. The summed E-state index contributed by atoms with van der Waals surface area (Å²) < 4.78 is 10.2. The Morgan fingerprint density at radius 2 is 1.84 bits per heavy atom. The van der Waals surface area contributed by atoms with Crippen molar-refractivity contribution in [3.05, 3.63) is 60.1 Å². The third kappa shape index (κ3) is 3.99. The molecule has 0 radical (unpaired) electrons. The van der Waals surface area contributed by atoms with Gasteiger partial charge in [-0.1, -0.05) is 30.3 Å². The van der Waals surface area contributed by atoms with Gasteiger partial charge in [-0.05, 0) is 36.6 Å². The van der Waals surface area contributed by atoms with E-state index in [-0.39, 0.29) is 17.8 Å². The van der Waals surface area contributed by atoms with Gasteiger partial charge < -0.3 is 14.1 Å². The smallest absolute Gasteiger partial charge is 0.308 e. The molecule has 0 N–H and O–H groups in total. The third-order valence-electron chi connectivity index (χ3n) is 4.46. The predicted octanol–water partition coefficient (Wildman–Crippen LogP) is 3.23. The second-order valence-corrected chi connectivity index (χ2v) is 6.03. The maximum absolute atomic E-state index is 13.1. The lowest BCUT2D eigenvalue weighted by atomic mass is 9.95. The van der Waals surface area contributed by atoms with Crippen LogP contribution in [0.4, 0.5) is 0 Å². The average molecular weight is 339 g/mol. The summed E-state index contributed by atoms with van der Waals surface area (Å²) in [5, 5.41) is 0. The Labute approximate surface area is 146 Å². The molecule has 0 aliphatic carbocycles. The zero-order chi connectivity index (χ0) is 17.6. The number of likely N-dealkylation sites (tertiary alicyclic amines) is 1. The van der Waals surface area contributed by atoms with Gasteiger partial charge >= 0.3 is 5.97 Å². The first kappa shape index (κ1) is 17.0. The Morgan fingerprint density at radius 1 is 1.12 bits per heavy atom. The Bertz CT molecular complexity index is 741. The highest BCUT2D eigenvalue weighted by Crippen LogP contribution is 2.25. The molecule has 2 heterocycles. The number of esters is 1. The molecule has 1 saturated heterocycles. The summed E-state index contributed by atoms with van der Waals surface area (Å²) in [6.07, 6.45) is 4.60. The van der Waals surface area contributed by atoms with E-state index in [0.29, 0.717) is 37.3 Å². The maximum atomic E-state index is 13.1. The predicted molar refractivity (Wildman–Crippen MR) is 94.3 cm³/mol. The standard InChI is InChI=1S/C20H21NO4/c1-24-20(23)16-9-11-21(12-10-16)19(22)18(14-17-8-5-13-25-17)15-6-3-2-4-7-15/h2-8,13-14,16H,9-12H2,1H3/b18-14+. The zero-order valence-corrected chi connectivity index (χ0v) is 14.2. The molecule has 1 aliphatic rings. The molecule has 1 aliphatic heterocycles. The van der Waals surface area contributed by atoms with Crippen LogP contribution >= 0.6 is 0 Å². The topological polar surface area (TPSA) is 59.8 Å². The lowest BCUT2D eigenvalue weighted by Gasteiger charge is -2.31. The van der Waals surface area contributed by atoms with Gasteiger partial charge in [0, 0.05) is 13.1 Å². The van der Waals surface area contributed by atoms with E-state index in [9.17, 15) is 9.59 Å². The van der Waals surface area contributed by atoms with Gasteiger partial charge in [-0.2, -0.15) is 0 Å². The number of ether oxygens (including phenoxy) is 1. The SMILES string of the molecule is COC(=O)C1CCN(C(=O)/C(=C/c2ccco2)c2ccccc2)CC1. The minimum absolute atomic E-state index is 0.0501. The van der Waals surface area contributed by atoms with Gasteiger partial charge in [0.25, 0.3) is 5.91 Å². The van der Waals surface area contributed by atoms with E-state index in [1.807, 2.05) is 36.4 Å². The number of carbonyl (C=O) groups excluding carboxylic acids is 2. The van der Waals surface area contributed by atoms with E-state index in [1.165, 1.54) is 7.11 Å². The quantitative estimate of drug-likeness (QED) is 0.634. The van der Waals surface area contributed by atoms with Crippen LogP contribution in [0.2, 0.25) is 0 Å². The van der Waals surface area contributed by atoms with Crippen LogP contribution in [0.25, 0.3) is 11.6 Å². The second-order valence-electron chi connectivity index (χ2n) is 6.03. The van der Waals surface area contributed by atoms with E-state index in [1.54, 1.807) is 23.3 Å². The number of methoxy groups -OCH3 is 1. The van der Waals surface area contributed by atoms with Crippen molar-refractivity contribution in [2.75, 3.05) is 20.2 Å². The second kappa shape index (κ2) is 7.83. The van der Waals surface area contributed by atoms with Crippen LogP contribution in [-0.2, 0) is 14.3 Å². The Hall–Kier alpha value is -2.82. The average Bonchev–Trinajstić information content (AvgIpc) is 3.19. The van der Waals surface area contributed by atoms with Gasteiger partial charge in [0.05, 0.1) is 24.9 Å². The van der Waals surface area contributed by atoms with Crippen molar-refractivity contribution < 1.29 is 18.7 Å². The van der Waals surface area contributed by atoms with Crippen LogP contribution in [0.3, 0.4) is 0 Å². The van der Waals surface area contributed by atoms with Gasteiger partial charge in [0.15, 0.2) is 0 Å².